The molecular formula is C23H52BrNO. The number of nitrogens with two attached hydrogens (primary N) is 1. The largest absolute Gasteiger partial charge is 0.396 e. The van der Waals surface area contributed by atoms with Gasteiger partial charge in [-0.05, 0) is 19.4 Å². The van der Waals surface area contributed by atoms with Crippen LogP contribution in [0.2, 0.25) is 0 Å². The van der Waals surface area contributed by atoms with E-state index in [0.717, 1.165) is 13.0 Å². The van der Waals surface area contributed by atoms with Crippen LogP contribution in [-0.2, 0) is 0 Å². The lowest BCUT2D eigenvalue weighted by Gasteiger charge is -2.03. The Bertz CT molecular complexity index is 183. The molecule has 0 heterocycles. The van der Waals surface area contributed by atoms with Gasteiger partial charge in [0.1, 0.15) is 0 Å². The van der Waals surface area contributed by atoms with Crippen molar-refractivity contribution < 1.29 is 5.11 Å². The normalized spacial score (nSPS) is 10.2. The fraction of sp³-hybridized carbons (Fsp3) is 1.00. The molecule has 0 radical (unpaired) electrons. The van der Waals surface area contributed by atoms with Crippen LogP contribution in [0, 0.1) is 0 Å². The highest BCUT2D eigenvalue weighted by molar-refractivity contribution is 8.93. The minimum Gasteiger partial charge on any atom is -0.396 e. The molecule has 0 unspecified atom stereocenters. The summed E-state index contributed by atoms with van der Waals surface area (Å²) in [5.41, 5.74) is 5.48. The molecule has 0 saturated carbocycles. The lowest BCUT2D eigenvalue weighted by atomic mass is 10.0. The van der Waals surface area contributed by atoms with Crippen molar-refractivity contribution in [1.82, 2.24) is 0 Å². The fourth-order valence-corrected chi connectivity index (χ4v) is 3.05. The van der Waals surface area contributed by atoms with Crippen molar-refractivity contribution in [2.24, 2.45) is 5.73 Å². The highest BCUT2D eigenvalue weighted by Gasteiger charge is 1.93. The van der Waals surface area contributed by atoms with Crippen LogP contribution in [-0.4, -0.2) is 18.3 Å². The van der Waals surface area contributed by atoms with Crippen LogP contribution in [0.1, 0.15) is 136 Å². The van der Waals surface area contributed by atoms with Gasteiger partial charge in [-0.3, -0.25) is 0 Å². The van der Waals surface area contributed by atoms with E-state index in [9.17, 15) is 0 Å². The smallest absolute Gasteiger partial charge is 0.0431 e. The lowest BCUT2D eigenvalue weighted by Crippen LogP contribution is -1.97. The molecule has 0 amide bonds. The summed E-state index contributed by atoms with van der Waals surface area (Å²) in [4.78, 5) is 0. The zero-order valence-electron chi connectivity index (χ0n) is 18.3. The lowest BCUT2D eigenvalue weighted by molar-refractivity contribution is 0.283. The maximum atomic E-state index is 8.29. The second kappa shape index (κ2) is 33.0. The van der Waals surface area contributed by atoms with Crippen LogP contribution < -0.4 is 5.73 Å². The Balaban J connectivity index is -0.000000561. The molecule has 0 atom stereocenters. The van der Waals surface area contributed by atoms with E-state index >= 15 is 0 Å². The van der Waals surface area contributed by atoms with Gasteiger partial charge >= 0.3 is 0 Å². The molecule has 0 aliphatic rings. The third-order valence-electron chi connectivity index (χ3n) is 4.82. The van der Waals surface area contributed by atoms with E-state index in [1.807, 2.05) is 0 Å². The SMILES string of the molecule is Br.CCCCCCCCCCCCCCCCCN.CCCCCCO. The summed E-state index contributed by atoms with van der Waals surface area (Å²) in [6.07, 6.45) is 26.0. The van der Waals surface area contributed by atoms with E-state index in [0.29, 0.717) is 6.61 Å². The van der Waals surface area contributed by atoms with E-state index in [4.69, 9.17) is 10.8 Å². The van der Waals surface area contributed by atoms with Crippen molar-refractivity contribution in [3.8, 4) is 0 Å². The number of hydrogen-bond acceptors (Lipinski definition) is 2. The van der Waals surface area contributed by atoms with Crippen LogP contribution in [0.3, 0.4) is 0 Å². The molecule has 0 fully saturated rings. The number of hydrogen-bond donors (Lipinski definition) is 2. The van der Waals surface area contributed by atoms with Crippen molar-refractivity contribution in [2.75, 3.05) is 13.2 Å². The Labute approximate surface area is 176 Å². The summed E-state index contributed by atoms with van der Waals surface area (Å²) >= 11 is 0. The highest BCUT2D eigenvalue weighted by Crippen LogP contribution is 2.13. The third-order valence-corrected chi connectivity index (χ3v) is 4.82. The van der Waals surface area contributed by atoms with Crippen LogP contribution in [0.15, 0.2) is 0 Å². The monoisotopic (exact) mass is 437 g/mol. The summed E-state index contributed by atoms with van der Waals surface area (Å²) in [5.74, 6) is 0. The fourth-order valence-electron chi connectivity index (χ4n) is 3.05. The van der Waals surface area contributed by atoms with Crippen LogP contribution in [0.5, 0.6) is 0 Å². The maximum absolute atomic E-state index is 8.29. The molecule has 0 spiro atoms. The molecule has 0 saturated heterocycles. The second-order valence-electron chi connectivity index (χ2n) is 7.52. The number of aliphatic hydroxyl groups is 1. The van der Waals surface area contributed by atoms with Crippen molar-refractivity contribution in [1.29, 1.82) is 0 Å². The summed E-state index contributed by atoms with van der Waals surface area (Å²) in [7, 11) is 0. The van der Waals surface area contributed by atoms with Crippen LogP contribution >= 0.6 is 17.0 Å². The first kappa shape index (κ1) is 31.1. The molecule has 0 aromatic rings. The summed E-state index contributed by atoms with van der Waals surface area (Å²) in [6.45, 7) is 5.69. The van der Waals surface area contributed by atoms with E-state index in [1.165, 1.54) is 116 Å². The summed E-state index contributed by atoms with van der Waals surface area (Å²) in [5, 5.41) is 8.29. The molecule has 0 aliphatic heterocycles. The van der Waals surface area contributed by atoms with Gasteiger partial charge in [0.15, 0.2) is 0 Å². The van der Waals surface area contributed by atoms with Gasteiger partial charge in [0.25, 0.3) is 0 Å². The Morgan fingerprint density at radius 2 is 0.731 bits per heavy atom. The summed E-state index contributed by atoms with van der Waals surface area (Å²) < 4.78 is 0. The predicted molar refractivity (Wildman–Crippen MR) is 126 cm³/mol. The summed E-state index contributed by atoms with van der Waals surface area (Å²) in [6, 6.07) is 0. The molecule has 3 heteroatoms. The molecule has 0 aromatic heterocycles. The number of halogens is 1. The molecule has 0 rings (SSSR count). The first-order valence-electron chi connectivity index (χ1n) is 11.6. The molecule has 0 bridgehead atoms. The molecule has 0 aromatic carbocycles. The third kappa shape index (κ3) is 35.5. The van der Waals surface area contributed by atoms with Crippen LogP contribution in [0.25, 0.3) is 0 Å². The van der Waals surface area contributed by atoms with Gasteiger partial charge in [0, 0.05) is 6.61 Å². The van der Waals surface area contributed by atoms with Crippen molar-refractivity contribution in [3.63, 3.8) is 0 Å². The molecular weight excluding hydrogens is 386 g/mol. The maximum Gasteiger partial charge on any atom is 0.0431 e. The average Bonchev–Trinajstić information content (AvgIpc) is 2.63. The van der Waals surface area contributed by atoms with Gasteiger partial charge in [-0.15, -0.1) is 17.0 Å². The molecule has 26 heavy (non-hydrogen) atoms. The minimum absolute atomic E-state index is 0. The van der Waals surface area contributed by atoms with Crippen molar-refractivity contribution >= 4 is 17.0 Å². The first-order chi connectivity index (χ1) is 12.3. The quantitative estimate of drug-likeness (QED) is 0.201. The Morgan fingerprint density at radius 1 is 0.462 bits per heavy atom. The topological polar surface area (TPSA) is 46.2 Å². The zero-order chi connectivity index (χ0) is 18.8. The molecule has 3 N–H and O–H groups in total. The number of aliphatic hydroxyl groups excluding tert-OH is 1. The molecule has 2 nitrogen and oxygen atoms in total. The second-order valence-corrected chi connectivity index (χ2v) is 7.52. The number of unbranched alkanes of at least 4 members (excludes halogenated alkanes) is 17. The number of rotatable bonds is 19. The predicted octanol–water partition coefficient (Wildman–Crippen LogP) is 7.95. The standard InChI is InChI=1S/C17H37N.C6H14O.BrH/c1-2-3-4-5-6-7-8-9-10-11-12-13-14-15-16-17-18;1-2-3-4-5-6-7;/h2-18H2,1H3;7H,2-6H2,1H3;1H. The van der Waals surface area contributed by atoms with Gasteiger partial charge in [-0.2, -0.15) is 0 Å². The highest BCUT2D eigenvalue weighted by atomic mass is 79.9. The Morgan fingerprint density at radius 3 is 1.00 bits per heavy atom. The van der Waals surface area contributed by atoms with Gasteiger partial charge in [-0.1, -0.05) is 123 Å². The Hall–Kier alpha value is 0.400. The van der Waals surface area contributed by atoms with Gasteiger partial charge in [-0.25, -0.2) is 0 Å². The average molecular weight is 439 g/mol. The minimum atomic E-state index is 0. The van der Waals surface area contributed by atoms with Crippen molar-refractivity contribution in [3.05, 3.63) is 0 Å². The van der Waals surface area contributed by atoms with E-state index in [2.05, 4.69) is 13.8 Å². The molecule has 0 aliphatic carbocycles. The van der Waals surface area contributed by atoms with E-state index in [1.54, 1.807) is 0 Å². The van der Waals surface area contributed by atoms with Gasteiger partial charge in [0.05, 0.1) is 0 Å². The van der Waals surface area contributed by atoms with E-state index < -0.39 is 0 Å². The molecule has 162 valence electrons. The Kier molecular flexibility index (Phi) is 39.5. The van der Waals surface area contributed by atoms with Gasteiger partial charge < -0.3 is 10.8 Å². The van der Waals surface area contributed by atoms with Crippen molar-refractivity contribution in [2.45, 2.75) is 136 Å². The van der Waals surface area contributed by atoms with Crippen LogP contribution in [0.4, 0.5) is 0 Å². The van der Waals surface area contributed by atoms with E-state index in [-0.39, 0.29) is 17.0 Å². The zero-order valence-corrected chi connectivity index (χ0v) is 20.0. The van der Waals surface area contributed by atoms with Gasteiger partial charge in [0.2, 0.25) is 0 Å². The first-order valence-corrected chi connectivity index (χ1v) is 11.6.